The van der Waals surface area contributed by atoms with Crippen LogP contribution in [-0.2, 0) is 4.74 Å². The number of anilines is 2. The SMILES string of the molecule is CNc1nccc(N(CC2CCN(C(=O)OC(C)(C)C)CC2)C(=O)c2ccc3ccccc3c2)n1. The molecule has 3 aromatic rings. The topological polar surface area (TPSA) is 87.7 Å². The first-order valence-electron chi connectivity index (χ1n) is 12.0. The molecule has 0 aliphatic carbocycles. The summed E-state index contributed by atoms with van der Waals surface area (Å²) in [6, 6.07) is 15.5. The van der Waals surface area contributed by atoms with Crippen molar-refractivity contribution in [3.05, 3.63) is 60.3 Å². The van der Waals surface area contributed by atoms with Gasteiger partial charge in [-0.3, -0.25) is 9.69 Å². The van der Waals surface area contributed by atoms with Gasteiger partial charge in [-0.05, 0) is 68.5 Å². The minimum Gasteiger partial charge on any atom is -0.444 e. The van der Waals surface area contributed by atoms with Crippen molar-refractivity contribution in [3.8, 4) is 0 Å². The van der Waals surface area contributed by atoms with E-state index in [2.05, 4.69) is 15.3 Å². The lowest BCUT2D eigenvalue weighted by Gasteiger charge is -2.35. The number of nitrogens with zero attached hydrogens (tertiary/aromatic N) is 4. The number of carbonyl (C=O) groups excluding carboxylic acids is 2. The number of aromatic nitrogens is 2. The van der Waals surface area contributed by atoms with Crippen LogP contribution in [0.3, 0.4) is 0 Å². The van der Waals surface area contributed by atoms with Crippen LogP contribution in [0.1, 0.15) is 44.0 Å². The smallest absolute Gasteiger partial charge is 0.410 e. The summed E-state index contributed by atoms with van der Waals surface area (Å²) < 4.78 is 5.52. The minimum atomic E-state index is -0.519. The van der Waals surface area contributed by atoms with Gasteiger partial charge in [0.2, 0.25) is 5.95 Å². The molecule has 2 heterocycles. The Morgan fingerprint density at radius 3 is 2.49 bits per heavy atom. The molecule has 0 unspecified atom stereocenters. The van der Waals surface area contributed by atoms with Crippen LogP contribution in [0.4, 0.5) is 16.6 Å². The maximum absolute atomic E-state index is 13.8. The summed E-state index contributed by atoms with van der Waals surface area (Å²) in [5.74, 6) is 1.13. The highest BCUT2D eigenvalue weighted by molar-refractivity contribution is 6.07. The molecule has 184 valence electrons. The summed E-state index contributed by atoms with van der Waals surface area (Å²) in [6.45, 7) is 7.32. The van der Waals surface area contributed by atoms with E-state index in [9.17, 15) is 9.59 Å². The first-order valence-corrected chi connectivity index (χ1v) is 12.0. The molecule has 1 saturated heterocycles. The molecule has 0 spiro atoms. The molecule has 8 heteroatoms. The van der Waals surface area contributed by atoms with Gasteiger partial charge in [0.25, 0.3) is 5.91 Å². The molecular formula is C27H33N5O3. The van der Waals surface area contributed by atoms with Crippen molar-refractivity contribution in [3.63, 3.8) is 0 Å². The standard InChI is InChI=1S/C27H33N5O3/c1-27(2,3)35-26(34)31-15-12-19(13-16-31)18-32(23-11-14-29-25(28-4)30-23)24(33)22-10-9-20-7-5-6-8-21(20)17-22/h5-11,14,17,19H,12-13,15-16,18H2,1-4H3,(H,28,29,30). The fourth-order valence-corrected chi connectivity index (χ4v) is 4.26. The van der Waals surface area contributed by atoms with Crippen LogP contribution in [0.25, 0.3) is 10.8 Å². The van der Waals surface area contributed by atoms with Crippen molar-refractivity contribution in [2.24, 2.45) is 5.92 Å². The molecule has 2 aromatic carbocycles. The summed E-state index contributed by atoms with van der Waals surface area (Å²) in [7, 11) is 1.75. The second-order valence-electron chi connectivity index (χ2n) is 9.88. The van der Waals surface area contributed by atoms with Gasteiger partial charge in [-0.2, -0.15) is 4.98 Å². The number of fused-ring (bicyclic) bond motifs is 1. The highest BCUT2D eigenvalue weighted by Crippen LogP contribution is 2.25. The lowest BCUT2D eigenvalue weighted by molar-refractivity contribution is 0.0185. The van der Waals surface area contributed by atoms with Crippen LogP contribution in [0.5, 0.6) is 0 Å². The monoisotopic (exact) mass is 475 g/mol. The molecule has 35 heavy (non-hydrogen) atoms. The van der Waals surface area contributed by atoms with Crippen molar-refractivity contribution in [2.45, 2.75) is 39.2 Å². The largest absolute Gasteiger partial charge is 0.444 e. The van der Waals surface area contributed by atoms with Crippen molar-refractivity contribution in [2.75, 3.05) is 36.9 Å². The molecule has 1 fully saturated rings. The highest BCUT2D eigenvalue weighted by atomic mass is 16.6. The van der Waals surface area contributed by atoms with E-state index >= 15 is 0 Å². The van der Waals surface area contributed by atoms with E-state index in [0.717, 1.165) is 23.6 Å². The zero-order valence-corrected chi connectivity index (χ0v) is 20.8. The van der Waals surface area contributed by atoms with Crippen LogP contribution in [-0.4, -0.2) is 59.2 Å². The number of rotatable bonds is 5. The van der Waals surface area contributed by atoms with Crippen LogP contribution in [0.15, 0.2) is 54.7 Å². The van der Waals surface area contributed by atoms with Crippen LogP contribution in [0, 0.1) is 5.92 Å². The Bertz CT molecular complexity index is 1200. The van der Waals surface area contributed by atoms with Gasteiger partial charge in [-0.25, -0.2) is 9.78 Å². The number of carbonyl (C=O) groups is 2. The van der Waals surface area contributed by atoms with E-state index in [1.165, 1.54) is 0 Å². The van der Waals surface area contributed by atoms with E-state index in [0.29, 0.717) is 37.0 Å². The normalized spacial score (nSPS) is 14.6. The highest BCUT2D eigenvalue weighted by Gasteiger charge is 2.30. The summed E-state index contributed by atoms with van der Waals surface area (Å²) in [5, 5.41) is 5.05. The number of ether oxygens (including phenoxy) is 1. The van der Waals surface area contributed by atoms with E-state index in [1.807, 2.05) is 63.2 Å². The molecular weight excluding hydrogens is 442 g/mol. The number of benzene rings is 2. The van der Waals surface area contributed by atoms with E-state index in [1.54, 1.807) is 29.1 Å². The molecule has 1 aliphatic rings. The third-order valence-electron chi connectivity index (χ3n) is 6.09. The molecule has 4 rings (SSSR count). The lowest BCUT2D eigenvalue weighted by Crippen LogP contribution is -2.45. The number of piperidine rings is 1. The molecule has 2 amide bonds. The van der Waals surface area contributed by atoms with Gasteiger partial charge in [0.15, 0.2) is 0 Å². The predicted octanol–water partition coefficient (Wildman–Crippen LogP) is 4.97. The number of amides is 2. The van der Waals surface area contributed by atoms with Crippen molar-refractivity contribution < 1.29 is 14.3 Å². The minimum absolute atomic E-state index is 0.105. The molecule has 1 aromatic heterocycles. The fraction of sp³-hybridized carbons (Fsp3) is 0.407. The number of hydrogen-bond acceptors (Lipinski definition) is 6. The third kappa shape index (κ3) is 6.07. The molecule has 1 N–H and O–H groups in total. The predicted molar refractivity (Wildman–Crippen MR) is 138 cm³/mol. The Morgan fingerprint density at radius 2 is 1.80 bits per heavy atom. The Morgan fingerprint density at radius 1 is 1.09 bits per heavy atom. The van der Waals surface area contributed by atoms with Gasteiger partial charge in [-0.1, -0.05) is 30.3 Å². The quantitative estimate of drug-likeness (QED) is 0.561. The number of likely N-dealkylation sites (tertiary alicyclic amines) is 1. The summed E-state index contributed by atoms with van der Waals surface area (Å²) in [4.78, 5) is 38.4. The van der Waals surface area contributed by atoms with Gasteiger partial charge in [0, 0.05) is 38.4 Å². The Labute approximate surface area is 206 Å². The molecule has 0 radical (unpaired) electrons. The average Bonchev–Trinajstić information content (AvgIpc) is 2.86. The van der Waals surface area contributed by atoms with Gasteiger partial charge < -0.3 is 15.0 Å². The molecule has 0 bridgehead atoms. The van der Waals surface area contributed by atoms with E-state index < -0.39 is 5.60 Å². The first kappa shape index (κ1) is 24.4. The zero-order valence-electron chi connectivity index (χ0n) is 20.8. The summed E-state index contributed by atoms with van der Waals surface area (Å²) in [6.07, 6.45) is 2.93. The number of nitrogens with one attached hydrogen (secondary N) is 1. The van der Waals surface area contributed by atoms with E-state index in [4.69, 9.17) is 4.74 Å². The maximum Gasteiger partial charge on any atom is 0.410 e. The van der Waals surface area contributed by atoms with Gasteiger partial charge in [0.1, 0.15) is 11.4 Å². The second-order valence-corrected chi connectivity index (χ2v) is 9.88. The Hall–Kier alpha value is -3.68. The summed E-state index contributed by atoms with van der Waals surface area (Å²) in [5.41, 5.74) is 0.0918. The molecule has 0 atom stereocenters. The average molecular weight is 476 g/mol. The third-order valence-corrected chi connectivity index (χ3v) is 6.09. The van der Waals surface area contributed by atoms with Crippen LogP contribution < -0.4 is 10.2 Å². The molecule has 8 nitrogen and oxygen atoms in total. The van der Waals surface area contributed by atoms with Gasteiger partial charge >= 0.3 is 6.09 Å². The second kappa shape index (κ2) is 10.3. The summed E-state index contributed by atoms with van der Waals surface area (Å²) >= 11 is 0. The zero-order chi connectivity index (χ0) is 25.0. The van der Waals surface area contributed by atoms with E-state index in [-0.39, 0.29) is 17.9 Å². The fourth-order valence-electron chi connectivity index (χ4n) is 4.26. The number of hydrogen-bond donors (Lipinski definition) is 1. The van der Waals surface area contributed by atoms with Crippen LogP contribution in [0.2, 0.25) is 0 Å². The first-order chi connectivity index (χ1) is 16.7. The molecule has 0 saturated carbocycles. The van der Waals surface area contributed by atoms with Crippen molar-refractivity contribution in [1.82, 2.24) is 14.9 Å². The maximum atomic E-state index is 13.8. The molecule has 1 aliphatic heterocycles. The lowest BCUT2D eigenvalue weighted by atomic mass is 9.96. The van der Waals surface area contributed by atoms with Crippen molar-refractivity contribution >= 4 is 34.5 Å². The Balaban J connectivity index is 1.54. The Kier molecular flexibility index (Phi) is 7.19. The van der Waals surface area contributed by atoms with Gasteiger partial charge in [-0.15, -0.1) is 0 Å². The van der Waals surface area contributed by atoms with Gasteiger partial charge in [0.05, 0.1) is 0 Å². The van der Waals surface area contributed by atoms with Crippen LogP contribution >= 0.6 is 0 Å². The van der Waals surface area contributed by atoms with Crippen molar-refractivity contribution in [1.29, 1.82) is 0 Å².